The second kappa shape index (κ2) is 9.11. The van der Waals surface area contributed by atoms with Crippen molar-refractivity contribution in [3.63, 3.8) is 0 Å². The highest BCUT2D eigenvalue weighted by atomic mass is 35.5. The van der Waals surface area contributed by atoms with E-state index < -0.39 is 24.0 Å². The van der Waals surface area contributed by atoms with Crippen molar-refractivity contribution in [1.29, 1.82) is 0 Å². The van der Waals surface area contributed by atoms with E-state index in [1.54, 1.807) is 36.4 Å². The quantitative estimate of drug-likeness (QED) is 0.578. The van der Waals surface area contributed by atoms with Crippen LogP contribution in [0.5, 0.6) is 11.5 Å². The molecule has 3 amide bonds. The first-order chi connectivity index (χ1) is 15.4. The van der Waals surface area contributed by atoms with E-state index in [2.05, 4.69) is 15.6 Å². The number of halogens is 1. The maximum absolute atomic E-state index is 12.6. The van der Waals surface area contributed by atoms with Gasteiger partial charge < -0.3 is 19.5 Å². The normalized spacial score (nSPS) is 13.2. The fraction of sp³-hybridized carbons (Fsp3) is 0.182. The zero-order chi connectivity index (χ0) is 22.7. The van der Waals surface area contributed by atoms with Crippen LogP contribution < -0.4 is 20.1 Å². The lowest BCUT2D eigenvalue weighted by Gasteiger charge is -2.19. The number of pyridine rings is 1. The zero-order valence-electron chi connectivity index (χ0n) is 16.9. The molecule has 0 aliphatic carbocycles. The van der Waals surface area contributed by atoms with E-state index >= 15 is 0 Å². The molecule has 10 heteroatoms. The van der Waals surface area contributed by atoms with Crippen LogP contribution in [0.25, 0.3) is 10.9 Å². The van der Waals surface area contributed by atoms with Gasteiger partial charge in [-0.05, 0) is 43.3 Å². The van der Waals surface area contributed by atoms with Crippen molar-refractivity contribution in [2.75, 3.05) is 18.5 Å². The van der Waals surface area contributed by atoms with Crippen LogP contribution in [0.3, 0.4) is 0 Å². The number of benzene rings is 2. The van der Waals surface area contributed by atoms with Gasteiger partial charge >= 0.3 is 12.0 Å². The van der Waals surface area contributed by atoms with Crippen LogP contribution in [-0.2, 0) is 9.53 Å². The lowest BCUT2D eigenvalue weighted by atomic mass is 10.1. The second-order valence-corrected chi connectivity index (χ2v) is 7.25. The molecule has 2 N–H and O–H groups in total. The van der Waals surface area contributed by atoms with E-state index in [-0.39, 0.29) is 5.56 Å². The van der Waals surface area contributed by atoms with Gasteiger partial charge in [-0.25, -0.2) is 9.59 Å². The molecule has 0 saturated heterocycles. The molecule has 1 aliphatic heterocycles. The number of hydrogen-bond acceptors (Lipinski definition) is 7. The zero-order valence-corrected chi connectivity index (χ0v) is 17.6. The highest BCUT2D eigenvalue weighted by molar-refractivity contribution is 6.35. The molecule has 1 aromatic heterocycles. The van der Waals surface area contributed by atoms with Crippen LogP contribution in [-0.4, -0.2) is 42.2 Å². The molecule has 0 radical (unpaired) electrons. The molecule has 2 aromatic carbocycles. The number of ether oxygens (including phenoxy) is 3. The number of rotatable bonds is 4. The third-order valence-corrected chi connectivity index (χ3v) is 4.96. The van der Waals surface area contributed by atoms with Crippen LogP contribution in [0.4, 0.5) is 10.5 Å². The van der Waals surface area contributed by atoms with Crippen LogP contribution >= 0.6 is 11.6 Å². The van der Waals surface area contributed by atoms with Crippen molar-refractivity contribution >= 4 is 46.1 Å². The molecule has 4 rings (SSSR count). The number of amides is 3. The number of imide groups is 1. The third kappa shape index (κ3) is 4.57. The average molecular weight is 456 g/mol. The van der Waals surface area contributed by atoms with E-state index in [1.807, 2.05) is 0 Å². The minimum Gasteiger partial charge on any atom is -0.486 e. The van der Waals surface area contributed by atoms with Crippen LogP contribution in [0, 0.1) is 0 Å². The summed E-state index contributed by atoms with van der Waals surface area (Å²) in [6, 6.07) is 10.5. The molecule has 1 unspecified atom stereocenters. The summed E-state index contributed by atoms with van der Waals surface area (Å²) in [6.45, 7) is 2.21. The molecule has 9 nitrogen and oxygen atoms in total. The van der Waals surface area contributed by atoms with Gasteiger partial charge in [0, 0.05) is 23.3 Å². The van der Waals surface area contributed by atoms with E-state index in [1.165, 1.54) is 19.2 Å². The smallest absolute Gasteiger partial charge is 0.341 e. The lowest BCUT2D eigenvalue weighted by molar-refractivity contribution is -0.127. The average Bonchev–Trinajstić information content (AvgIpc) is 2.79. The Kier molecular flexibility index (Phi) is 6.09. The van der Waals surface area contributed by atoms with Crippen molar-refractivity contribution in [3.8, 4) is 11.5 Å². The summed E-state index contributed by atoms with van der Waals surface area (Å²) in [6.07, 6.45) is 0.288. The summed E-state index contributed by atoms with van der Waals surface area (Å²) < 4.78 is 16.1. The Bertz CT molecular complexity index is 1220. The first-order valence-corrected chi connectivity index (χ1v) is 10.1. The van der Waals surface area contributed by atoms with Gasteiger partial charge in [0.2, 0.25) is 0 Å². The maximum Gasteiger partial charge on any atom is 0.341 e. The van der Waals surface area contributed by atoms with Crippen molar-refractivity contribution in [1.82, 2.24) is 10.3 Å². The largest absolute Gasteiger partial charge is 0.486 e. The maximum atomic E-state index is 12.6. The monoisotopic (exact) mass is 455 g/mol. The minimum absolute atomic E-state index is 0.158. The number of hydrogen-bond donors (Lipinski definition) is 2. The number of urea groups is 1. The summed E-state index contributed by atoms with van der Waals surface area (Å²) in [5.41, 5.74) is 0.919. The molecular formula is C22H18ClN3O6. The number of esters is 1. The number of carbonyl (C=O) groups excluding carboxylic acids is 3. The molecule has 1 aliphatic rings. The fourth-order valence-corrected chi connectivity index (χ4v) is 3.29. The van der Waals surface area contributed by atoms with Gasteiger partial charge in [-0.3, -0.25) is 15.1 Å². The number of fused-ring (bicyclic) bond motifs is 2. The van der Waals surface area contributed by atoms with E-state index in [0.29, 0.717) is 46.3 Å². The van der Waals surface area contributed by atoms with E-state index in [4.69, 9.17) is 25.8 Å². The van der Waals surface area contributed by atoms with Crippen LogP contribution in [0.1, 0.15) is 17.3 Å². The minimum atomic E-state index is -1.23. The van der Waals surface area contributed by atoms with Gasteiger partial charge in [0.25, 0.3) is 5.91 Å². The number of nitrogens with zero attached hydrogens (tertiary/aromatic N) is 1. The Hall–Kier alpha value is -3.85. The summed E-state index contributed by atoms with van der Waals surface area (Å²) in [7, 11) is 0. The predicted molar refractivity (Wildman–Crippen MR) is 116 cm³/mol. The Morgan fingerprint density at radius 1 is 1.09 bits per heavy atom. The molecule has 0 bridgehead atoms. The first kappa shape index (κ1) is 21.4. The van der Waals surface area contributed by atoms with Gasteiger partial charge in [0.15, 0.2) is 17.6 Å². The van der Waals surface area contributed by atoms with Crippen molar-refractivity contribution in [2.24, 2.45) is 0 Å². The van der Waals surface area contributed by atoms with Gasteiger partial charge in [-0.15, -0.1) is 0 Å². The van der Waals surface area contributed by atoms with E-state index in [0.717, 1.165) is 0 Å². The Morgan fingerprint density at radius 3 is 2.69 bits per heavy atom. The number of anilines is 1. The fourth-order valence-electron chi connectivity index (χ4n) is 3.08. The molecule has 3 aromatic rings. The van der Waals surface area contributed by atoms with Gasteiger partial charge in [-0.2, -0.15) is 0 Å². The SMILES string of the molecule is CC(OC(=O)c1ccc(Cl)c2cccnc12)C(=O)NC(=O)Nc1ccc2c(c1)OCCO2. The standard InChI is InChI=1S/C22H18ClN3O6/c1-12(32-21(28)15-5-6-16(23)14-3-2-8-24-19(14)15)20(27)26-22(29)25-13-4-7-17-18(11-13)31-10-9-30-17/h2-8,11-12H,9-10H2,1H3,(H2,25,26,27,29). The molecule has 0 saturated carbocycles. The Balaban J connectivity index is 1.37. The Morgan fingerprint density at radius 2 is 1.88 bits per heavy atom. The summed E-state index contributed by atoms with van der Waals surface area (Å²) in [5.74, 6) is -0.491. The Labute approximate surface area is 187 Å². The van der Waals surface area contributed by atoms with Crippen molar-refractivity contribution in [2.45, 2.75) is 13.0 Å². The van der Waals surface area contributed by atoms with Gasteiger partial charge in [0.05, 0.1) is 16.1 Å². The second-order valence-electron chi connectivity index (χ2n) is 6.84. The number of carbonyl (C=O) groups is 3. The summed E-state index contributed by atoms with van der Waals surface area (Å²) in [5, 5.41) is 5.68. The molecule has 0 spiro atoms. The number of nitrogens with one attached hydrogen (secondary N) is 2. The molecule has 164 valence electrons. The molecule has 1 atom stereocenters. The predicted octanol–water partition coefficient (Wildman–Crippen LogP) is 3.55. The topological polar surface area (TPSA) is 116 Å². The van der Waals surface area contributed by atoms with Gasteiger partial charge in [0.1, 0.15) is 13.2 Å². The highest BCUT2D eigenvalue weighted by Gasteiger charge is 2.23. The van der Waals surface area contributed by atoms with Crippen molar-refractivity contribution < 1.29 is 28.6 Å². The number of aromatic nitrogens is 1. The van der Waals surface area contributed by atoms with E-state index in [9.17, 15) is 14.4 Å². The first-order valence-electron chi connectivity index (χ1n) is 9.68. The summed E-state index contributed by atoms with van der Waals surface area (Å²) >= 11 is 6.14. The van der Waals surface area contributed by atoms with Crippen molar-refractivity contribution in [3.05, 3.63) is 59.2 Å². The van der Waals surface area contributed by atoms with Crippen LogP contribution in [0.2, 0.25) is 5.02 Å². The third-order valence-electron chi connectivity index (χ3n) is 4.63. The highest BCUT2D eigenvalue weighted by Crippen LogP contribution is 2.32. The van der Waals surface area contributed by atoms with Crippen LogP contribution in [0.15, 0.2) is 48.7 Å². The van der Waals surface area contributed by atoms with Gasteiger partial charge in [-0.1, -0.05) is 11.6 Å². The summed E-state index contributed by atoms with van der Waals surface area (Å²) in [4.78, 5) is 41.3. The lowest BCUT2D eigenvalue weighted by Crippen LogP contribution is -2.41. The molecule has 0 fully saturated rings. The molecule has 32 heavy (non-hydrogen) atoms. The molecule has 2 heterocycles. The molecular weight excluding hydrogens is 438 g/mol.